The van der Waals surface area contributed by atoms with Crippen LogP contribution in [0.4, 0.5) is 0 Å². The lowest BCUT2D eigenvalue weighted by molar-refractivity contribution is 0.217. The summed E-state index contributed by atoms with van der Waals surface area (Å²) in [5, 5.41) is 17.4. The van der Waals surface area contributed by atoms with Crippen molar-refractivity contribution >= 4 is 0 Å². The Kier molecular flexibility index (Phi) is 4.59. The number of hydrogen-bond donors (Lipinski definition) is 0. The molecule has 0 amide bonds. The molecule has 0 aliphatic heterocycles. The molecule has 0 fully saturated rings. The molecule has 2 rings (SSSR count). The van der Waals surface area contributed by atoms with Crippen LogP contribution in [0.5, 0.6) is 11.5 Å². The fraction of sp³-hybridized carbons (Fsp3) is 0.125. The highest BCUT2D eigenvalue weighted by Gasteiger charge is 1.98. The van der Waals surface area contributed by atoms with Gasteiger partial charge in [0.15, 0.2) is 0 Å². The van der Waals surface area contributed by atoms with Crippen molar-refractivity contribution in [1.82, 2.24) is 0 Å². The first-order valence-electron chi connectivity index (χ1n) is 6.08. The predicted molar refractivity (Wildman–Crippen MR) is 73.3 cm³/mol. The summed E-state index contributed by atoms with van der Waals surface area (Å²) in [7, 11) is 0. The van der Waals surface area contributed by atoms with Crippen molar-refractivity contribution in [2.24, 2.45) is 0 Å². The van der Waals surface area contributed by atoms with Crippen LogP contribution in [0, 0.1) is 22.7 Å². The van der Waals surface area contributed by atoms with Gasteiger partial charge in [-0.25, -0.2) is 0 Å². The van der Waals surface area contributed by atoms with Gasteiger partial charge in [-0.15, -0.1) is 0 Å². The maximum absolute atomic E-state index is 8.77. The Labute approximate surface area is 117 Å². The molecule has 0 aromatic heterocycles. The zero-order valence-corrected chi connectivity index (χ0v) is 10.7. The number of ether oxygens (including phenoxy) is 2. The van der Waals surface area contributed by atoms with Crippen molar-refractivity contribution in [3.63, 3.8) is 0 Å². The van der Waals surface area contributed by atoms with Gasteiger partial charge in [-0.2, -0.15) is 10.5 Å². The van der Waals surface area contributed by atoms with Crippen LogP contribution in [0.1, 0.15) is 11.1 Å². The minimum atomic E-state index is 0.384. The third-order valence-corrected chi connectivity index (χ3v) is 2.57. The standard InChI is InChI=1S/C16H12N2O2/c17-11-13-4-6-15(7-5-13)19-8-9-20-16-3-1-2-14(10-16)12-18/h1-7,10H,8-9H2. The van der Waals surface area contributed by atoms with Crippen LogP contribution in [-0.2, 0) is 0 Å². The Morgan fingerprint density at radius 2 is 1.40 bits per heavy atom. The van der Waals surface area contributed by atoms with Crippen LogP contribution in [-0.4, -0.2) is 13.2 Å². The second-order valence-corrected chi connectivity index (χ2v) is 3.97. The highest BCUT2D eigenvalue weighted by molar-refractivity contribution is 5.36. The normalized spacial score (nSPS) is 9.30. The van der Waals surface area contributed by atoms with Crippen molar-refractivity contribution in [2.75, 3.05) is 13.2 Å². The van der Waals surface area contributed by atoms with Gasteiger partial charge >= 0.3 is 0 Å². The van der Waals surface area contributed by atoms with Gasteiger partial charge in [-0.3, -0.25) is 0 Å². The van der Waals surface area contributed by atoms with E-state index in [-0.39, 0.29) is 0 Å². The van der Waals surface area contributed by atoms with Crippen molar-refractivity contribution < 1.29 is 9.47 Å². The Balaban J connectivity index is 1.78. The number of nitriles is 2. The smallest absolute Gasteiger partial charge is 0.122 e. The van der Waals surface area contributed by atoms with Crippen molar-refractivity contribution in [3.8, 4) is 23.6 Å². The summed E-state index contributed by atoms with van der Waals surface area (Å²) < 4.78 is 11.0. The molecule has 0 radical (unpaired) electrons. The van der Waals surface area contributed by atoms with E-state index in [4.69, 9.17) is 20.0 Å². The topological polar surface area (TPSA) is 66.0 Å². The molecule has 98 valence electrons. The minimum Gasteiger partial charge on any atom is -0.490 e. The zero-order chi connectivity index (χ0) is 14.2. The molecule has 0 unspecified atom stereocenters. The van der Waals surface area contributed by atoms with Crippen LogP contribution in [0.3, 0.4) is 0 Å². The predicted octanol–water partition coefficient (Wildman–Crippen LogP) is 2.89. The molecule has 0 heterocycles. The molecule has 4 heteroatoms. The second kappa shape index (κ2) is 6.82. The van der Waals surface area contributed by atoms with Gasteiger partial charge in [0.2, 0.25) is 0 Å². The molecule has 0 atom stereocenters. The highest BCUT2D eigenvalue weighted by atomic mass is 16.5. The summed E-state index contributed by atoms with van der Waals surface area (Å²) in [6.07, 6.45) is 0. The van der Waals surface area contributed by atoms with E-state index in [9.17, 15) is 0 Å². The summed E-state index contributed by atoms with van der Waals surface area (Å²) in [6.45, 7) is 0.775. The third-order valence-electron chi connectivity index (χ3n) is 2.57. The number of hydrogen-bond acceptors (Lipinski definition) is 4. The molecule has 0 saturated carbocycles. The van der Waals surface area contributed by atoms with E-state index in [1.54, 1.807) is 48.5 Å². The lowest BCUT2D eigenvalue weighted by Gasteiger charge is -2.08. The molecule has 0 bridgehead atoms. The van der Waals surface area contributed by atoms with Gasteiger partial charge in [0.1, 0.15) is 24.7 Å². The molecule has 2 aromatic carbocycles. The Morgan fingerprint density at radius 1 is 0.750 bits per heavy atom. The van der Waals surface area contributed by atoms with E-state index in [2.05, 4.69) is 6.07 Å². The van der Waals surface area contributed by atoms with E-state index >= 15 is 0 Å². The molecular formula is C16H12N2O2. The van der Waals surface area contributed by atoms with Crippen molar-refractivity contribution in [2.45, 2.75) is 0 Å². The zero-order valence-electron chi connectivity index (χ0n) is 10.7. The lowest BCUT2D eigenvalue weighted by atomic mass is 10.2. The average molecular weight is 264 g/mol. The van der Waals surface area contributed by atoms with Crippen LogP contribution in [0.2, 0.25) is 0 Å². The molecule has 0 N–H and O–H groups in total. The first-order valence-corrected chi connectivity index (χ1v) is 6.08. The average Bonchev–Trinajstić information content (AvgIpc) is 2.52. The molecule has 0 aliphatic carbocycles. The van der Waals surface area contributed by atoms with Gasteiger partial charge in [-0.1, -0.05) is 6.07 Å². The maximum Gasteiger partial charge on any atom is 0.122 e. The van der Waals surface area contributed by atoms with E-state index in [1.807, 2.05) is 6.07 Å². The summed E-state index contributed by atoms with van der Waals surface area (Å²) >= 11 is 0. The molecule has 0 aliphatic rings. The number of rotatable bonds is 5. The van der Waals surface area contributed by atoms with E-state index in [1.165, 1.54) is 0 Å². The van der Waals surface area contributed by atoms with E-state index in [0.29, 0.717) is 35.8 Å². The monoisotopic (exact) mass is 264 g/mol. The van der Waals surface area contributed by atoms with Gasteiger partial charge in [0.25, 0.3) is 0 Å². The number of nitrogens with zero attached hydrogens (tertiary/aromatic N) is 2. The summed E-state index contributed by atoms with van der Waals surface area (Å²) in [5.74, 6) is 1.34. The van der Waals surface area contributed by atoms with E-state index < -0.39 is 0 Å². The van der Waals surface area contributed by atoms with Crippen LogP contribution in [0.25, 0.3) is 0 Å². The van der Waals surface area contributed by atoms with Crippen LogP contribution >= 0.6 is 0 Å². The number of benzene rings is 2. The molecule has 20 heavy (non-hydrogen) atoms. The lowest BCUT2D eigenvalue weighted by Crippen LogP contribution is -2.09. The molecule has 2 aromatic rings. The minimum absolute atomic E-state index is 0.384. The first kappa shape index (κ1) is 13.5. The van der Waals surface area contributed by atoms with Gasteiger partial charge < -0.3 is 9.47 Å². The Morgan fingerprint density at radius 3 is 2.05 bits per heavy atom. The second-order valence-electron chi connectivity index (χ2n) is 3.97. The quantitative estimate of drug-likeness (QED) is 0.779. The molecule has 0 spiro atoms. The van der Waals surface area contributed by atoms with Crippen LogP contribution < -0.4 is 9.47 Å². The van der Waals surface area contributed by atoms with Gasteiger partial charge in [0.05, 0.1) is 23.3 Å². The van der Waals surface area contributed by atoms with Crippen molar-refractivity contribution in [3.05, 3.63) is 59.7 Å². The summed E-state index contributed by atoms with van der Waals surface area (Å²) in [6, 6.07) is 18.0. The molecule has 0 saturated heterocycles. The maximum atomic E-state index is 8.77. The fourth-order valence-corrected chi connectivity index (χ4v) is 1.60. The van der Waals surface area contributed by atoms with Gasteiger partial charge in [-0.05, 0) is 42.5 Å². The largest absolute Gasteiger partial charge is 0.490 e. The van der Waals surface area contributed by atoms with Crippen molar-refractivity contribution in [1.29, 1.82) is 10.5 Å². The summed E-state index contributed by atoms with van der Waals surface area (Å²) in [4.78, 5) is 0. The third kappa shape index (κ3) is 3.76. The van der Waals surface area contributed by atoms with E-state index in [0.717, 1.165) is 0 Å². The summed E-state index contributed by atoms with van der Waals surface area (Å²) in [5.41, 5.74) is 1.16. The molecule has 4 nitrogen and oxygen atoms in total. The first-order chi connectivity index (χ1) is 9.81. The van der Waals surface area contributed by atoms with Gasteiger partial charge in [0, 0.05) is 0 Å². The molecular weight excluding hydrogens is 252 g/mol. The highest BCUT2D eigenvalue weighted by Crippen LogP contribution is 2.13. The SMILES string of the molecule is N#Cc1ccc(OCCOc2cccc(C#N)c2)cc1. The van der Waals surface area contributed by atoms with Crippen LogP contribution in [0.15, 0.2) is 48.5 Å². The Hall–Kier alpha value is -2.98. The fourth-order valence-electron chi connectivity index (χ4n) is 1.60. The Bertz CT molecular complexity index is 651.